The van der Waals surface area contributed by atoms with Crippen LogP contribution in [0.5, 0.6) is 11.5 Å². The van der Waals surface area contributed by atoms with Gasteiger partial charge in [0.25, 0.3) is 0 Å². The molecule has 0 spiro atoms. The minimum absolute atomic E-state index is 0.108. The summed E-state index contributed by atoms with van der Waals surface area (Å²) in [6.07, 6.45) is 0.932. The Labute approximate surface area is 191 Å². The van der Waals surface area contributed by atoms with E-state index in [1.165, 1.54) is 17.1 Å². The lowest BCUT2D eigenvalue weighted by Gasteiger charge is -2.11. The van der Waals surface area contributed by atoms with E-state index in [1.807, 2.05) is 42.5 Å². The second kappa shape index (κ2) is 10.5. The number of hydrogen-bond donors (Lipinski definition) is 1. The van der Waals surface area contributed by atoms with Gasteiger partial charge in [-0.1, -0.05) is 42.5 Å². The monoisotopic (exact) mass is 445 g/mol. The van der Waals surface area contributed by atoms with Crippen molar-refractivity contribution in [2.75, 3.05) is 6.54 Å². The van der Waals surface area contributed by atoms with Gasteiger partial charge in [0.1, 0.15) is 17.3 Å². The normalized spacial score (nSPS) is 12.9. The van der Waals surface area contributed by atoms with Crippen LogP contribution in [0.3, 0.4) is 0 Å². The second-order valence-electron chi connectivity index (χ2n) is 7.66. The van der Waals surface area contributed by atoms with Gasteiger partial charge >= 0.3 is 0 Å². The Hall–Kier alpha value is -4.00. The SMILES string of the molecule is O=C(CCC(=O)N1CCC(c2ccccc2)=N1)NCc1ccc(Oc2ccc(F)cc2)cc1. The fraction of sp³-hybridized carbons (Fsp3) is 0.192. The lowest BCUT2D eigenvalue weighted by molar-refractivity contribution is -0.133. The second-order valence-corrected chi connectivity index (χ2v) is 7.66. The van der Waals surface area contributed by atoms with E-state index < -0.39 is 0 Å². The number of carbonyl (C=O) groups excluding carboxylic acids is 2. The van der Waals surface area contributed by atoms with Crippen LogP contribution in [0.4, 0.5) is 4.39 Å². The highest BCUT2D eigenvalue weighted by atomic mass is 19.1. The van der Waals surface area contributed by atoms with E-state index >= 15 is 0 Å². The standard InChI is InChI=1S/C26H24FN3O3/c27-21-8-12-23(13-9-21)33-22-10-6-19(7-11-22)18-28-25(31)14-15-26(32)30-17-16-24(29-30)20-4-2-1-3-5-20/h1-13H,14-18H2,(H,28,31). The number of hydrogen-bond acceptors (Lipinski definition) is 4. The summed E-state index contributed by atoms with van der Waals surface area (Å²) in [6.45, 7) is 0.890. The first-order valence-electron chi connectivity index (χ1n) is 10.8. The zero-order chi connectivity index (χ0) is 23.0. The number of benzene rings is 3. The molecule has 0 unspecified atom stereocenters. The average molecular weight is 445 g/mol. The molecule has 2 amide bonds. The number of rotatable bonds is 8. The number of halogens is 1. The van der Waals surface area contributed by atoms with Crippen molar-refractivity contribution in [3.63, 3.8) is 0 Å². The highest BCUT2D eigenvalue weighted by Crippen LogP contribution is 2.22. The number of ether oxygens (including phenoxy) is 1. The van der Waals surface area contributed by atoms with Gasteiger partial charge in [0, 0.05) is 25.8 Å². The number of amides is 2. The van der Waals surface area contributed by atoms with Crippen molar-refractivity contribution >= 4 is 17.5 Å². The van der Waals surface area contributed by atoms with Gasteiger partial charge in [-0.15, -0.1) is 0 Å². The lowest BCUT2D eigenvalue weighted by atomic mass is 10.1. The van der Waals surface area contributed by atoms with E-state index in [4.69, 9.17) is 4.74 Å². The summed E-state index contributed by atoms with van der Waals surface area (Å²) in [5, 5.41) is 8.69. The molecule has 0 atom stereocenters. The molecule has 4 rings (SSSR count). The number of hydrazone groups is 1. The molecular weight excluding hydrogens is 421 g/mol. The minimum Gasteiger partial charge on any atom is -0.457 e. The van der Waals surface area contributed by atoms with Gasteiger partial charge in [-0.05, 0) is 47.5 Å². The Bertz CT molecular complexity index is 1130. The summed E-state index contributed by atoms with van der Waals surface area (Å²) in [6, 6.07) is 22.8. The zero-order valence-electron chi connectivity index (χ0n) is 18.0. The molecule has 0 aliphatic carbocycles. The predicted octanol–water partition coefficient (Wildman–Crippen LogP) is 4.65. The van der Waals surface area contributed by atoms with Crippen LogP contribution in [0.2, 0.25) is 0 Å². The average Bonchev–Trinajstić information content (AvgIpc) is 3.35. The van der Waals surface area contributed by atoms with E-state index in [0.717, 1.165) is 16.8 Å². The number of nitrogens with one attached hydrogen (secondary N) is 1. The Morgan fingerprint density at radius 2 is 1.58 bits per heavy atom. The van der Waals surface area contributed by atoms with Crippen molar-refractivity contribution in [1.82, 2.24) is 10.3 Å². The van der Waals surface area contributed by atoms with Gasteiger partial charge in [0.05, 0.1) is 12.3 Å². The molecule has 1 heterocycles. The van der Waals surface area contributed by atoms with Crippen molar-refractivity contribution in [1.29, 1.82) is 0 Å². The molecule has 0 bridgehead atoms. The first kappa shape index (κ1) is 22.2. The first-order chi connectivity index (χ1) is 16.1. The van der Waals surface area contributed by atoms with Crippen LogP contribution in [0, 0.1) is 5.82 Å². The fourth-order valence-electron chi connectivity index (χ4n) is 3.42. The maximum absolute atomic E-state index is 13.0. The molecule has 0 saturated carbocycles. The van der Waals surface area contributed by atoms with Crippen molar-refractivity contribution in [2.24, 2.45) is 5.10 Å². The molecule has 0 aromatic heterocycles. The maximum Gasteiger partial charge on any atom is 0.243 e. The molecule has 33 heavy (non-hydrogen) atoms. The summed E-state index contributed by atoms with van der Waals surface area (Å²) >= 11 is 0. The third-order valence-corrected chi connectivity index (χ3v) is 5.23. The zero-order valence-corrected chi connectivity index (χ0v) is 18.0. The maximum atomic E-state index is 13.0. The van der Waals surface area contributed by atoms with Crippen LogP contribution in [0.1, 0.15) is 30.4 Å². The topological polar surface area (TPSA) is 71.0 Å². The van der Waals surface area contributed by atoms with E-state index in [0.29, 0.717) is 31.0 Å². The fourth-order valence-corrected chi connectivity index (χ4v) is 3.42. The number of carbonyl (C=O) groups is 2. The van der Waals surface area contributed by atoms with Crippen LogP contribution < -0.4 is 10.1 Å². The Morgan fingerprint density at radius 1 is 0.909 bits per heavy atom. The molecular formula is C26H24FN3O3. The van der Waals surface area contributed by atoms with E-state index in [2.05, 4.69) is 10.4 Å². The molecule has 3 aromatic rings. The van der Waals surface area contributed by atoms with E-state index in [1.54, 1.807) is 24.3 Å². The van der Waals surface area contributed by atoms with Crippen LogP contribution >= 0.6 is 0 Å². The molecule has 1 aliphatic rings. The van der Waals surface area contributed by atoms with E-state index in [9.17, 15) is 14.0 Å². The molecule has 0 fully saturated rings. The third-order valence-electron chi connectivity index (χ3n) is 5.23. The summed E-state index contributed by atoms with van der Waals surface area (Å²) in [5.41, 5.74) is 2.80. The molecule has 1 aliphatic heterocycles. The molecule has 1 N–H and O–H groups in total. The molecule has 6 nitrogen and oxygen atoms in total. The molecule has 0 radical (unpaired) electrons. The molecule has 3 aromatic carbocycles. The summed E-state index contributed by atoms with van der Waals surface area (Å²) < 4.78 is 18.6. The van der Waals surface area contributed by atoms with Crippen LogP contribution in [0.15, 0.2) is 84.0 Å². The van der Waals surface area contributed by atoms with Crippen molar-refractivity contribution in [3.05, 3.63) is 95.8 Å². The van der Waals surface area contributed by atoms with E-state index in [-0.39, 0.29) is 30.5 Å². The smallest absolute Gasteiger partial charge is 0.243 e. The predicted molar refractivity (Wildman–Crippen MR) is 123 cm³/mol. The van der Waals surface area contributed by atoms with Gasteiger partial charge in [-0.2, -0.15) is 5.10 Å². The Balaban J connectivity index is 1.20. The van der Waals surface area contributed by atoms with Gasteiger partial charge in [0.15, 0.2) is 0 Å². The van der Waals surface area contributed by atoms with Crippen molar-refractivity contribution < 1.29 is 18.7 Å². The molecule has 0 saturated heterocycles. The van der Waals surface area contributed by atoms with Gasteiger partial charge < -0.3 is 10.1 Å². The summed E-state index contributed by atoms with van der Waals surface area (Å²) in [7, 11) is 0. The molecule has 168 valence electrons. The Morgan fingerprint density at radius 3 is 2.27 bits per heavy atom. The van der Waals surface area contributed by atoms with Gasteiger partial charge in [0.2, 0.25) is 11.8 Å². The van der Waals surface area contributed by atoms with Gasteiger partial charge in [-0.25, -0.2) is 9.40 Å². The minimum atomic E-state index is -0.319. The largest absolute Gasteiger partial charge is 0.457 e. The van der Waals surface area contributed by atoms with Crippen molar-refractivity contribution in [2.45, 2.75) is 25.8 Å². The lowest BCUT2D eigenvalue weighted by Crippen LogP contribution is -2.27. The van der Waals surface area contributed by atoms with Crippen LogP contribution in [0.25, 0.3) is 0 Å². The van der Waals surface area contributed by atoms with Crippen LogP contribution in [-0.2, 0) is 16.1 Å². The van der Waals surface area contributed by atoms with Gasteiger partial charge in [-0.3, -0.25) is 9.59 Å². The Kier molecular flexibility index (Phi) is 7.09. The summed E-state index contributed by atoms with van der Waals surface area (Å²) in [4.78, 5) is 24.6. The quantitative estimate of drug-likeness (QED) is 0.549. The summed E-state index contributed by atoms with van der Waals surface area (Å²) in [5.74, 6) is 0.490. The van der Waals surface area contributed by atoms with Crippen LogP contribution in [-0.4, -0.2) is 29.1 Å². The molecule has 7 heteroatoms. The number of nitrogens with zero attached hydrogens (tertiary/aromatic N) is 2. The highest BCUT2D eigenvalue weighted by molar-refractivity contribution is 6.02. The highest BCUT2D eigenvalue weighted by Gasteiger charge is 2.21. The first-order valence-corrected chi connectivity index (χ1v) is 10.8. The van der Waals surface area contributed by atoms with Crippen molar-refractivity contribution in [3.8, 4) is 11.5 Å². The third kappa shape index (κ3) is 6.26.